The molecule has 0 radical (unpaired) electrons. The van der Waals surface area contributed by atoms with Crippen molar-refractivity contribution in [1.82, 2.24) is 0 Å². The average molecular weight is 498 g/mol. The zero-order chi connectivity index (χ0) is 25.5. The van der Waals surface area contributed by atoms with Crippen molar-refractivity contribution in [2.24, 2.45) is 0 Å². The molecule has 0 aromatic heterocycles. The van der Waals surface area contributed by atoms with Gasteiger partial charge in [-0.05, 0) is 60.9 Å². The molecule has 0 amide bonds. The molecule has 0 N–H and O–H groups in total. The molecule has 0 bridgehead atoms. The Balaban J connectivity index is 1.52. The minimum atomic E-state index is -4.30. The largest absolute Gasteiger partial charge is 0.429 e. The Morgan fingerprint density at radius 2 is 1.49 bits per heavy atom. The van der Waals surface area contributed by atoms with E-state index in [1.54, 1.807) is 6.08 Å². The molecule has 35 heavy (non-hydrogen) atoms. The van der Waals surface area contributed by atoms with E-state index in [1.165, 1.54) is 25.1 Å². The number of aryl methyl sites for hydroxylation is 1. The van der Waals surface area contributed by atoms with Crippen LogP contribution in [0, 0.1) is 41.8 Å². The van der Waals surface area contributed by atoms with Gasteiger partial charge in [-0.3, -0.25) is 0 Å². The van der Waals surface area contributed by atoms with E-state index in [2.05, 4.69) is 4.74 Å². The first kappa shape index (κ1) is 24.8. The van der Waals surface area contributed by atoms with Crippen molar-refractivity contribution >= 4 is 5.57 Å². The molecule has 1 aliphatic carbocycles. The van der Waals surface area contributed by atoms with Crippen LogP contribution in [0.3, 0.4) is 0 Å². The van der Waals surface area contributed by atoms with Crippen molar-refractivity contribution in [1.29, 1.82) is 0 Å². The van der Waals surface area contributed by atoms with Gasteiger partial charge < -0.3 is 4.74 Å². The van der Waals surface area contributed by atoms with Crippen molar-refractivity contribution in [2.45, 2.75) is 38.2 Å². The van der Waals surface area contributed by atoms with Crippen molar-refractivity contribution in [2.75, 3.05) is 0 Å². The summed E-state index contributed by atoms with van der Waals surface area (Å²) in [5.74, 6) is -9.75. The Labute approximate surface area is 195 Å². The van der Waals surface area contributed by atoms with Crippen LogP contribution >= 0.6 is 0 Å². The van der Waals surface area contributed by atoms with Crippen molar-refractivity contribution in [3.8, 4) is 5.75 Å². The van der Waals surface area contributed by atoms with E-state index < -0.39 is 52.3 Å². The van der Waals surface area contributed by atoms with Gasteiger partial charge in [0.05, 0.1) is 5.56 Å². The summed E-state index contributed by atoms with van der Waals surface area (Å²) in [6.45, 7) is 1.45. The lowest BCUT2D eigenvalue weighted by Crippen LogP contribution is -2.24. The lowest BCUT2D eigenvalue weighted by Gasteiger charge is -2.24. The van der Waals surface area contributed by atoms with Crippen molar-refractivity contribution in [3.63, 3.8) is 0 Å². The molecule has 0 saturated heterocycles. The number of hydrogen-bond donors (Lipinski definition) is 0. The van der Waals surface area contributed by atoms with E-state index in [0.717, 1.165) is 12.1 Å². The highest BCUT2D eigenvalue weighted by Crippen LogP contribution is 2.40. The fraction of sp³-hybridized carbons (Fsp3) is 0.231. The molecule has 0 aliphatic heterocycles. The lowest BCUT2D eigenvalue weighted by atomic mass is 9.82. The standard InChI is InChI=1S/C26H18F8O/c1-13-2-8-18(24(31)23(13)30)15-5-3-14(4-6-15)16-7-9-19(20(27)10-16)26(33,34)35-17-11-21(28)25(32)22(29)12-17/h2,5,7-12,14H,3-4,6H2,1H3. The molecule has 1 nitrogen and oxygen atoms in total. The molecular weight excluding hydrogens is 480 g/mol. The van der Waals surface area contributed by atoms with E-state index in [9.17, 15) is 35.1 Å². The molecule has 0 heterocycles. The second-order valence-electron chi connectivity index (χ2n) is 8.32. The topological polar surface area (TPSA) is 9.23 Å². The minimum Gasteiger partial charge on any atom is -0.429 e. The number of rotatable bonds is 5. The molecule has 184 valence electrons. The lowest BCUT2D eigenvalue weighted by molar-refractivity contribution is -0.187. The van der Waals surface area contributed by atoms with Crippen LogP contribution in [0.25, 0.3) is 5.57 Å². The van der Waals surface area contributed by atoms with Crippen LogP contribution < -0.4 is 4.74 Å². The van der Waals surface area contributed by atoms with E-state index in [1.807, 2.05) is 0 Å². The summed E-state index contributed by atoms with van der Waals surface area (Å²) < 4.78 is 116. The van der Waals surface area contributed by atoms with Gasteiger partial charge in [-0.25, -0.2) is 26.3 Å². The third-order valence-corrected chi connectivity index (χ3v) is 6.01. The minimum absolute atomic E-state index is 0.151. The van der Waals surface area contributed by atoms with Gasteiger partial charge in [0.2, 0.25) is 0 Å². The molecule has 0 fully saturated rings. The summed E-state index contributed by atoms with van der Waals surface area (Å²) in [7, 11) is 0. The summed E-state index contributed by atoms with van der Waals surface area (Å²) >= 11 is 0. The van der Waals surface area contributed by atoms with Crippen LogP contribution in [0.15, 0.2) is 48.5 Å². The summed E-state index contributed by atoms with van der Waals surface area (Å²) in [5, 5.41) is 0. The Morgan fingerprint density at radius 1 is 0.800 bits per heavy atom. The molecule has 0 spiro atoms. The van der Waals surface area contributed by atoms with E-state index in [0.29, 0.717) is 30.4 Å². The van der Waals surface area contributed by atoms with Gasteiger partial charge >= 0.3 is 6.11 Å². The number of halogens is 8. The van der Waals surface area contributed by atoms with Crippen LogP contribution in [0.2, 0.25) is 0 Å². The van der Waals surface area contributed by atoms with Crippen LogP contribution in [0.1, 0.15) is 47.4 Å². The highest BCUT2D eigenvalue weighted by atomic mass is 19.3. The summed E-state index contributed by atoms with van der Waals surface area (Å²) in [6, 6.07) is 6.42. The molecule has 1 unspecified atom stereocenters. The Bertz CT molecular complexity index is 1290. The molecule has 1 aliphatic rings. The number of benzene rings is 3. The number of allylic oxidation sites excluding steroid dienone is 2. The van der Waals surface area contributed by atoms with Crippen LogP contribution in [0.5, 0.6) is 5.75 Å². The first-order chi connectivity index (χ1) is 16.5. The van der Waals surface area contributed by atoms with Gasteiger partial charge in [0.1, 0.15) is 11.6 Å². The highest BCUT2D eigenvalue weighted by molar-refractivity contribution is 5.67. The molecule has 3 aromatic rings. The predicted molar refractivity (Wildman–Crippen MR) is 113 cm³/mol. The normalized spacial score (nSPS) is 16.3. The maximum absolute atomic E-state index is 14.6. The smallest absolute Gasteiger partial charge is 0.429 e. The van der Waals surface area contributed by atoms with Gasteiger partial charge in [0.15, 0.2) is 29.1 Å². The Hall–Kier alpha value is -3.36. The van der Waals surface area contributed by atoms with Crippen LogP contribution in [-0.2, 0) is 6.11 Å². The first-order valence-electron chi connectivity index (χ1n) is 10.6. The zero-order valence-electron chi connectivity index (χ0n) is 18.2. The fourth-order valence-electron chi connectivity index (χ4n) is 4.09. The molecule has 1 atom stereocenters. The second kappa shape index (κ2) is 9.36. The first-order valence-corrected chi connectivity index (χ1v) is 10.6. The van der Waals surface area contributed by atoms with Crippen LogP contribution in [0.4, 0.5) is 35.1 Å². The second-order valence-corrected chi connectivity index (χ2v) is 8.32. The zero-order valence-corrected chi connectivity index (χ0v) is 18.2. The Kier molecular flexibility index (Phi) is 6.62. The quantitative estimate of drug-likeness (QED) is 0.254. The average Bonchev–Trinajstić information content (AvgIpc) is 2.81. The molecular formula is C26H18F8O. The number of ether oxygens (including phenoxy) is 1. The van der Waals surface area contributed by atoms with Crippen LogP contribution in [-0.4, -0.2) is 0 Å². The fourth-order valence-corrected chi connectivity index (χ4v) is 4.09. The van der Waals surface area contributed by atoms with Gasteiger partial charge in [0, 0.05) is 17.7 Å². The number of alkyl halides is 2. The highest BCUT2D eigenvalue weighted by Gasteiger charge is 2.38. The monoisotopic (exact) mass is 498 g/mol. The molecule has 3 aromatic carbocycles. The van der Waals surface area contributed by atoms with Crippen molar-refractivity contribution in [3.05, 3.63) is 106 Å². The third-order valence-electron chi connectivity index (χ3n) is 6.01. The molecule has 9 heteroatoms. The van der Waals surface area contributed by atoms with Gasteiger partial charge in [-0.2, -0.15) is 8.78 Å². The molecule has 0 saturated carbocycles. The maximum atomic E-state index is 14.6. The van der Waals surface area contributed by atoms with E-state index in [-0.39, 0.29) is 29.2 Å². The maximum Gasteiger partial charge on any atom is 0.429 e. The molecule has 4 rings (SSSR count). The predicted octanol–water partition coefficient (Wildman–Crippen LogP) is 8.31. The Morgan fingerprint density at radius 3 is 2.09 bits per heavy atom. The van der Waals surface area contributed by atoms with Crippen molar-refractivity contribution < 1.29 is 39.9 Å². The van der Waals surface area contributed by atoms with E-state index >= 15 is 0 Å². The number of hydrogen-bond acceptors (Lipinski definition) is 1. The van der Waals surface area contributed by atoms with Gasteiger partial charge in [-0.15, -0.1) is 0 Å². The third kappa shape index (κ3) is 4.90. The van der Waals surface area contributed by atoms with Gasteiger partial charge in [0.25, 0.3) is 0 Å². The SMILES string of the molecule is Cc1ccc(C2=CCC(c3ccc(C(F)(F)Oc4cc(F)c(F)c(F)c4)c(F)c3)CC2)c(F)c1F. The van der Waals surface area contributed by atoms with E-state index in [4.69, 9.17) is 0 Å². The van der Waals surface area contributed by atoms with Gasteiger partial charge in [-0.1, -0.05) is 24.3 Å². The summed E-state index contributed by atoms with van der Waals surface area (Å²) in [4.78, 5) is 0. The summed E-state index contributed by atoms with van der Waals surface area (Å²) in [6.07, 6.45) is -1.42. The summed E-state index contributed by atoms with van der Waals surface area (Å²) in [5.41, 5.74) is 0.181.